The quantitative estimate of drug-likeness (QED) is 0.0688. The SMILES string of the molecule is [C-]#[N+]/C(=C\c1ccc(N(c2ccc(N(CCCC#N)C(=C)CCN)cc2)c2ccc(N(CCCC#N)C(=C)CCN)cc2)cc1)C(=O)O. The summed E-state index contributed by atoms with van der Waals surface area (Å²) in [5, 5.41) is 27.4. The average molecular weight is 643 g/mol. The van der Waals surface area contributed by atoms with Gasteiger partial charge < -0.3 is 31.3 Å². The van der Waals surface area contributed by atoms with Gasteiger partial charge in [-0.25, -0.2) is 4.85 Å². The van der Waals surface area contributed by atoms with Gasteiger partial charge in [0.05, 0.1) is 18.7 Å². The summed E-state index contributed by atoms with van der Waals surface area (Å²) in [5.74, 6) is -1.28. The maximum absolute atomic E-state index is 11.4. The van der Waals surface area contributed by atoms with Gasteiger partial charge in [-0.2, -0.15) is 10.5 Å². The van der Waals surface area contributed by atoms with Crippen molar-refractivity contribution in [1.29, 1.82) is 10.5 Å². The van der Waals surface area contributed by atoms with E-state index in [2.05, 4.69) is 44.8 Å². The highest BCUT2D eigenvalue weighted by atomic mass is 16.4. The summed E-state index contributed by atoms with van der Waals surface area (Å²) in [6, 6.07) is 27.9. The standard InChI is InChI=1S/C38H42N8O2/c1-29(20-24-41)44(26-6-4-22-39)32-12-16-35(17-13-32)46(34-10-8-31(9-11-34)28-37(43-3)38(47)48)36-18-14-33(15-19-36)45(27-7-5-23-40)30(2)21-25-42/h8-19,28H,1-2,4-7,20-21,24-27,41-42H2,(H,47,48)/b37-28-. The van der Waals surface area contributed by atoms with Crippen molar-refractivity contribution in [2.24, 2.45) is 11.5 Å². The van der Waals surface area contributed by atoms with Crippen molar-refractivity contribution >= 4 is 40.5 Å². The van der Waals surface area contributed by atoms with Gasteiger partial charge in [-0.3, -0.25) is 4.79 Å². The van der Waals surface area contributed by atoms with Crippen LogP contribution in [0.3, 0.4) is 0 Å². The molecule has 0 bridgehead atoms. The fourth-order valence-electron chi connectivity index (χ4n) is 5.21. The van der Waals surface area contributed by atoms with Gasteiger partial charge in [0.1, 0.15) is 0 Å². The predicted molar refractivity (Wildman–Crippen MR) is 193 cm³/mol. The van der Waals surface area contributed by atoms with Gasteiger partial charge in [0, 0.05) is 65.8 Å². The third-order valence-corrected chi connectivity index (χ3v) is 7.60. The Balaban J connectivity index is 2.06. The first-order chi connectivity index (χ1) is 23.3. The number of nitriles is 2. The third-order valence-electron chi connectivity index (χ3n) is 7.60. The number of benzene rings is 3. The zero-order valence-corrected chi connectivity index (χ0v) is 27.2. The molecule has 0 fully saturated rings. The van der Waals surface area contributed by atoms with Crippen molar-refractivity contribution in [3.05, 3.63) is 120 Å². The lowest BCUT2D eigenvalue weighted by atomic mass is 10.1. The van der Waals surface area contributed by atoms with Crippen LogP contribution in [0.1, 0.15) is 44.1 Å². The number of hydrogen-bond acceptors (Lipinski definition) is 8. The Hall–Kier alpha value is -5.86. The molecule has 0 spiro atoms. The molecule has 0 saturated heterocycles. The number of carbonyl (C=O) groups is 1. The molecule has 3 aromatic carbocycles. The number of anilines is 5. The summed E-state index contributed by atoms with van der Waals surface area (Å²) in [7, 11) is 0. The summed E-state index contributed by atoms with van der Waals surface area (Å²) in [6.45, 7) is 17.9. The van der Waals surface area contributed by atoms with Crippen molar-refractivity contribution in [2.45, 2.75) is 38.5 Å². The van der Waals surface area contributed by atoms with E-state index in [1.807, 2.05) is 60.7 Å². The molecule has 0 radical (unpaired) electrons. The summed E-state index contributed by atoms with van der Waals surface area (Å²) in [5.41, 5.74) is 18.1. The molecule has 0 aliphatic carbocycles. The zero-order chi connectivity index (χ0) is 34.9. The molecule has 246 valence electrons. The van der Waals surface area contributed by atoms with Crippen molar-refractivity contribution in [2.75, 3.05) is 40.9 Å². The van der Waals surface area contributed by atoms with Gasteiger partial charge in [-0.05, 0) is 111 Å². The Kier molecular flexibility index (Phi) is 14.5. The van der Waals surface area contributed by atoms with Crippen molar-refractivity contribution < 1.29 is 9.90 Å². The maximum atomic E-state index is 11.4. The molecular formula is C38H42N8O2. The Morgan fingerprint density at radius 2 is 1.12 bits per heavy atom. The van der Waals surface area contributed by atoms with Crippen LogP contribution in [0.4, 0.5) is 28.4 Å². The largest absolute Gasteiger partial charge is 0.486 e. The van der Waals surface area contributed by atoms with Gasteiger partial charge in [0.2, 0.25) is 0 Å². The van der Waals surface area contributed by atoms with Crippen molar-refractivity contribution in [3.8, 4) is 12.1 Å². The minimum absolute atomic E-state index is 0.364. The van der Waals surface area contributed by atoms with Gasteiger partial charge in [0.15, 0.2) is 0 Å². The highest BCUT2D eigenvalue weighted by molar-refractivity contribution is 5.94. The Morgan fingerprint density at radius 1 is 0.750 bits per heavy atom. The van der Waals surface area contributed by atoms with Crippen LogP contribution in [0, 0.1) is 29.2 Å². The Labute approximate surface area is 283 Å². The van der Waals surface area contributed by atoms with E-state index in [-0.39, 0.29) is 5.70 Å². The topological polar surface area (TPSA) is 151 Å². The minimum atomic E-state index is -1.28. The number of carboxylic acids is 1. The molecule has 10 nitrogen and oxygen atoms in total. The molecule has 0 aliphatic rings. The second kappa shape index (κ2) is 19.0. The number of aliphatic carboxylic acids is 1. The second-order valence-electron chi connectivity index (χ2n) is 10.9. The molecule has 0 atom stereocenters. The van der Waals surface area contributed by atoms with Crippen LogP contribution in [-0.2, 0) is 4.79 Å². The molecule has 3 rings (SSSR count). The van der Waals surface area contributed by atoms with Crippen LogP contribution < -0.4 is 26.2 Å². The first-order valence-electron chi connectivity index (χ1n) is 15.7. The fourth-order valence-corrected chi connectivity index (χ4v) is 5.21. The summed E-state index contributed by atoms with van der Waals surface area (Å²) in [4.78, 5) is 20.8. The number of carboxylic acid groups (broad SMARTS) is 1. The molecule has 0 unspecified atom stereocenters. The molecule has 0 amide bonds. The number of nitrogens with zero attached hydrogens (tertiary/aromatic N) is 6. The first kappa shape index (κ1) is 36.6. The zero-order valence-electron chi connectivity index (χ0n) is 27.2. The van der Waals surface area contributed by atoms with E-state index in [1.54, 1.807) is 12.1 Å². The van der Waals surface area contributed by atoms with E-state index in [4.69, 9.17) is 28.6 Å². The fraction of sp³-hybridized carbons (Fsp3) is 0.263. The Morgan fingerprint density at radius 3 is 1.46 bits per heavy atom. The Bertz CT molecular complexity index is 1610. The highest BCUT2D eigenvalue weighted by Gasteiger charge is 2.17. The highest BCUT2D eigenvalue weighted by Crippen LogP contribution is 2.37. The first-order valence-corrected chi connectivity index (χ1v) is 15.7. The lowest BCUT2D eigenvalue weighted by Crippen LogP contribution is -2.25. The van der Waals surface area contributed by atoms with Crippen molar-refractivity contribution in [1.82, 2.24) is 0 Å². The molecule has 10 heteroatoms. The molecule has 0 heterocycles. The minimum Gasteiger partial charge on any atom is -0.486 e. The van der Waals surface area contributed by atoms with Crippen LogP contribution in [0.25, 0.3) is 10.9 Å². The van der Waals surface area contributed by atoms with E-state index in [1.165, 1.54) is 6.08 Å². The summed E-state index contributed by atoms with van der Waals surface area (Å²) < 4.78 is 0. The summed E-state index contributed by atoms with van der Waals surface area (Å²) in [6.07, 6.45) is 4.90. The number of nitrogens with two attached hydrogens (primary N) is 2. The van der Waals surface area contributed by atoms with Crippen LogP contribution in [0.15, 0.2) is 103 Å². The smallest absolute Gasteiger partial charge is 0.333 e. The predicted octanol–water partition coefficient (Wildman–Crippen LogP) is 7.45. The second-order valence-corrected chi connectivity index (χ2v) is 10.9. The molecule has 3 aromatic rings. The van der Waals surface area contributed by atoms with E-state index in [0.717, 1.165) is 39.8 Å². The number of rotatable bonds is 19. The molecular weight excluding hydrogens is 600 g/mol. The van der Waals surface area contributed by atoms with Crippen LogP contribution in [0.2, 0.25) is 0 Å². The van der Waals surface area contributed by atoms with Gasteiger partial charge in [-0.1, -0.05) is 25.3 Å². The van der Waals surface area contributed by atoms with E-state index >= 15 is 0 Å². The number of unbranched alkanes of at least 4 members (excludes halogenated alkanes) is 2. The maximum Gasteiger partial charge on any atom is 0.333 e. The van der Waals surface area contributed by atoms with E-state index in [9.17, 15) is 9.90 Å². The van der Waals surface area contributed by atoms with E-state index in [0.29, 0.717) is 70.3 Å². The lowest BCUT2D eigenvalue weighted by molar-refractivity contribution is -0.132. The van der Waals surface area contributed by atoms with Crippen LogP contribution >= 0.6 is 0 Å². The monoisotopic (exact) mass is 642 g/mol. The summed E-state index contributed by atoms with van der Waals surface area (Å²) >= 11 is 0. The molecule has 0 aromatic heterocycles. The molecule has 0 aliphatic heterocycles. The molecule has 0 saturated carbocycles. The number of hydrogen-bond donors (Lipinski definition) is 3. The van der Waals surface area contributed by atoms with Crippen LogP contribution in [-0.4, -0.2) is 37.3 Å². The van der Waals surface area contributed by atoms with Crippen LogP contribution in [0.5, 0.6) is 0 Å². The van der Waals surface area contributed by atoms with E-state index < -0.39 is 5.97 Å². The average Bonchev–Trinajstić information content (AvgIpc) is 3.09. The molecule has 48 heavy (non-hydrogen) atoms. The third kappa shape index (κ3) is 10.1. The lowest BCUT2D eigenvalue weighted by Gasteiger charge is -2.30. The normalized spacial score (nSPS) is 10.7. The van der Waals surface area contributed by atoms with Gasteiger partial charge >= 0.3 is 5.97 Å². The van der Waals surface area contributed by atoms with Crippen molar-refractivity contribution in [3.63, 3.8) is 0 Å². The van der Waals surface area contributed by atoms with Gasteiger partial charge in [0.25, 0.3) is 5.70 Å². The van der Waals surface area contributed by atoms with Gasteiger partial charge in [-0.15, -0.1) is 0 Å². The molecule has 5 N–H and O–H groups in total.